The van der Waals surface area contributed by atoms with E-state index in [0.29, 0.717) is 17.7 Å². The molecular weight excluding hydrogens is 264 g/mol. The maximum Gasteiger partial charge on any atom is 0.251 e. The molecule has 0 aromatic carbocycles. The smallest absolute Gasteiger partial charge is 0.251 e. The summed E-state index contributed by atoms with van der Waals surface area (Å²) in [5, 5.41) is 8.25. The highest BCUT2D eigenvalue weighted by molar-refractivity contribution is 5.92. The summed E-state index contributed by atoms with van der Waals surface area (Å²) in [6, 6.07) is 0. The Morgan fingerprint density at radius 1 is 1.24 bits per heavy atom. The van der Waals surface area contributed by atoms with Crippen molar-refractivity contribution >= 4 is 5.91 Å². The van der Waals surface area contributed by atoms with Gasteiger partial charge in [0.2, 0.25) is 0 Å². The number of rotatable bonds is 6. The van der Waals surface area contributed by atoms with E-state index in [0.717, 1.165) is 18.7 Å². The Bertz CT molecular complexity index is 533. The Labute approximate surface area is 126 Å². The van der Waals surface area contributed by atoms with E-state index in [-0.39, 0.29) is 5.91 Å². The zero-order valence-electron chi connectivity index (χ0n) is 13.2. The van der Waals surface area contributed by atoms with Gasteiger partial charge in [0.1, 0.15) is 5.69 Å². The van der Waals surface area contributed by atoms with Crippen LogP contribution in [-0.2, 0) is 17.9 Å². The second kappa shape index (κ2) is 6.24. The highest BCUT2D eigenvalue weighted by Gasteiger charge is 2.19. The van der Waals surface area contributed by atoms with Crippen LogP contribution in [0.15, 0.2) is 30.6 Å². The summed E-state index contributed by atoms with van der Waals surface area (Å²) in [5.74, 6) is -0.0419. The van der Waals surface area contributed by atoms with Crippen molar-refractivity contribution in [3.63, 3.8) is 0 Å². The van der Waals surface area contributed by atoms with Crippen molar-refractivity contribution in [1.82, 2.24) is 19.9 Å². The fourth-order valence-electron chi connectivity index (χ4n) is 2.28. The number of allylic oxidation sites excluding steroid dienone is 1. The summed E-state index contributed by atoms with van der Waals surface area (Å²) in [4.78, 5) is 13.2. The van der Waals surface area contributed by atoms with Gasteiger partial charge in [-0.1, -0.05) is 39.0 Å². The van der Waals surface area contributed by atoms with Crippen LogP contribution in [0.5, 0.6) is 0 Å². The third-order valence-electron chi connectivity index (χ3n) is 3.50. The summed E-state index contributed by atoms with van der Waals surface area (Å²) in [7, 11) is 0. The van der Waals surface area contributed by atoms with Crippen LogP contribution in [0.1, 0.15) is 45.7 Å². The van der Waals surface area contributed by atoms with Crippen molar-refractivity contribution in [2.75, 3.05) is 0 Å². The molecule has 1 aliphatic rings. The van der Waals surface area contributed by atoms with Crippen LogP contribution in [-0.4, -0.2) is 25.8 Å². The summed E-state index contributed by atoms with van der Waals surface area (Å²) in [5.41, 5.74) is 1.89. The molecule has 1 aromatic rings. The average Bonchev–Trinajstić information content (AvgIpc) is 2.96. The summed E-state index contributed by atoms with van der Waals surface area (Å²) >= 11 is 0. The van der Waals surface area contributed by atoms with Crippen molar-refractivity contribution in [2.45, 2.75) is 53.1 Å². The van der Waals surface area contributed by atoms with Crippen molar-refractivity contribution in [3.8, 4) is 0 Å². The molecule has 0 bridgehead atoms. The molecule has 0 fully saturated rings. The fourth-order valence-corrected chi connectivity index (χ4v) is 2.28. The Morgan fingerprint density at radius 3 is 2.62 bits per heavy atom. The minimum atomic E-state index is -0.0419. The lowest BCUT2D eigenvalue weighted by atomic mass is 9.90. The Kier molecular flexibility index (Phi) is 4.60. The average molecular weight is 288 g/mol. The normalized spacial score (nSPS) is 15.3. The first-order valence-electron chi connectivity index (χ1n) is 7.43. The lowest BCUT2D eigenvalue weighted by Crippen LogP contribution is -2.23. The van der Waals surface area contributed by atoms with Gasteiger partial charge in [0.25, 0.3) is 5.91 Å². The van der Waals surface area contributed by atoms with Gasteiger partial charge in [0.05, 0.1) is 12.7 Å². The second-order valence-corrected chi connectivity index (χ2v) is 6.74. The molecule has 0 atom stereocenters. The molecule has 0 radical (unpaired) electrons. The largest absolute Gasteiger partial charge is 0.303 e. The third-order valence-corrected chi connectivity index (χ3v) is 3.50. The molecule has 21 heavy (non-hydrogen) atoms. The standard InChI is InChI=1S/C16H24N4O/c1-13-7-8-15(21)20(13)12-14-11-19(18-17-14)10-6-5-9-16(2,3)4/h7-8,11H,1,5-6,9-10,12H2,2-4H3. The van der Waals surface area contributed by atoms with Crippen LogP contribution < -0.4 is 0 Å². The molecular formula is C16H24N4O. The molecule has 5 nitrogen and oxygen atoms in total. The zero-order valence-corrected chi connectivity index (χ0v) is 13.2. The van der Waals surface area contributed by atoms with Gasteiger partial charge in [0, 0.05) is 18.3 Å². The van der Waals surface area contributed by atoms with E-state index in [1.54, 1.807) is 11.0 Å². The van der Waals surface area contributed by atoms with Gasteiger partial charge in [0.15, 0.2) is 0 Å². The summed E-state index contributed by atoms with van der Waals surface area (Å²) in [6.45, 7) is 11.9. The molecule has 114 valence electrons. The van der Waals surface area contributed by atoms with Crippen LogP contribution in [0.2, 0.25) is 0 Å². The molecule has 0 saturated carbocycles. The van der Waals surface area contributed by atoms with E-state index in [2.05, 4.69) is 37.7 Å². The number of hydrogen-bond acceptors (Lipinski definition) is 3. The van der Waals surface area contributed by atoms with Gasteiger partial charge in [-0.05, 0) is 24.3 Å². The maximum atomic E-state index is 11.6. The van der Waals surface area contributed by atoms with E-state index in [4.69, 9.17) is 0 Å². The molecule has 0 unspecified atom stereocenters. The van der Waals surface area contributed by atoms with Crippen LogP contribution in [0.25, 0.3) is 0 Å². The van der Waals surface area contributed by atoms with E-state index >= 15 is 0 Å². The van der Waals surface area contributed by atoms with Crippen LogP contribution in [0.3, 0.4) is 0 Å². The van der Waals surface area contributed by atoms with Gasteiger partial charge in [-0.25, -0.2) is 0 Å². The van der Waals surface area contributed by atoms with Crippen LogP contribution in [0.4, 0.5) is 0 Å². The fraction of sp³-hybridized carbons (Fsp3) is 0.562. The molecule has 0 saturated heterocycles. The number of carbonyl (C=O) groups is 1. The first kappa shape index (κ1) is 15.5. The SMILES string of the molecule is C=C1C=CC(=O)N1Cc1cn(CCCCC(C)(C)C)nn1. The number of aryl methyl sites for hydroxylation is 1. The summed E-state index contributed by atoms with van der Waals surface area (Å²) in [6.07, 6.45) is 8.65. The zero-order chi connectivity index (χ0) is 15.5. The van der Waals surface area contributed by atoms with Crippen molar-refractivity contribution < 1.29 is 4.79 Å². The van der Waals surface area contributed by atoms with E-state index < -0.39 is 0 Å². The molecule has 0 aliphatic carbocycles. The highest BCUT2D eigenvalue weighted by Crippen LogP contribution is 2.21. The van der Waals surface area contributed by atoms with Gasteiger partial charge in [-0.2, -0.15) is 0 Å². The number of amides is 1. The number of nitrogens with zero attached hydrogens (tertiary/aromatic N) is 4. The number of unbranched alkanes of at least 4 members (excludes halogenated alkanes) is 1. The molecule has 2 heterocycles. The molecule has 1 aliphatic heterocycles. The second-order valence-electron chi connectivity index (χ2n) is 6.74. The third kappa shape index (κ3) is 4.55. The van der Waals surface area contributed by atoms with Crippen molar-refractivity contribution in [1.29, 1.82) is 0 Å². The Hall–Kier alpha value is -1.91. The van der Waals surface area contributed by atoms with Crippen molar-refractivity contribution in [2.24, 2.45) is 5.41 Å². The molecule has 1 aromatic heterocycles. The highest BCUT2D eigenvalue weighted by atomic mass is 16.2. The molecule has 1 amide bonds. The summed E-state index contributed by atoms with van der Waals surface area (Å²) < 4.78 is 1.86. The van der Waals surface area contributed by atoms with Crippen LogP contribution >= 0.6 is 0 Å². The van der Waals surface area contributed by atoms with Crippen LogP contribution in [0, 0.1) is 5.41 Å². The Morgan fingerprint density at radius 2 is 2.00 bits per heavy atom. The van der Waals surface area contributed by atoms with Gasteiger partial charge in [-0.3, -0.25) is 9.48 Å². The molecule has 5 heteroatoms. The predicted molar refractivity (Wildman–Crippen MR) is 82.2 cm³/mol. The van der Waals surface area contributed by atoms with E-state index in [1.165, 1.54) is 18.9 Å². The molecule has 2 rings (SSSR count). The Balaban J connectivity index is 1.79. The molecule has 0 spiro atoms. The van der Waals surface area contributed by atoms with E-state index in [1.807, 2.05) is 10.9 Å². The first-order valence-corrected chi connectivity index (χ1v) is 7.43. The minimum absolute atomic E-state index is 0.0419. The monoisotopic (exact) mass is 288 g/mol. The van der Waals surface area contributed by atoms with Gasteiger partial charge in [-0.15, -0.1) is 5.10 Å². The lowest BCUT2D eigenvalue weighted by Gasteiger charge is -2.17. The quantitative estimate of drug-likeness (QED) is 0.756. The first-order chi connectivity index (χ1) is 9.85. The van der Waals surface area contributed by atoms with Gasteiger partial charge >= 0.3 is 0 Å². The minimum Gasteiger partial charge on any atom is -0.303 e. The van der Waals surface area contributed by atoms with Gasteiger partial charge < -0.3 is 4.90 Å². The number of hydrogen-bond donors (Lipinski definition) is 0. The van der Waals surface area contributed by atoms with Crippen molar-refractivity contribution in [3.05, 3.63) is 36.3 Å². The maximum absolute atomic E-state index is 11.6. The lowest BCUT2D eigenvalue weighted by molar-refractivity contribution is -0.123. The predicted octanol–water partition coefficient (Wildman–Crippen LogP) is 2.91. The van der Waals surface area contributed by atoms with E-state index in [9.17, 15) is 4.79 Å². The number of carbonyl (C=O) groups excluding carboxylic acids is 1. The molecule has 0 N–H and O–H groups in total. The topological polar surface area (TPSA) is 51.0 Å². The number of aromatic nitrogens is 3.